The zero-order chi connectivity index (χ0) is 16.1. The van der Waals surface area contributed by atoms with E-state index >= 15 is 0 Å². The van der Waals surface area contributed by atoms with Crippen LogP contribution in [0.5, 0.6) is 0 Å². The molecule has 0 spiro atoms. The Morgan fingerprint density at radius 1 is 1.14 bits per heavy atom. The Kier molecular flexibility index (Phi) is 5.57. The molecule has 0 bridgehead atoms. The highest BCUT2D eigenvalue weighted by molar-refractivity contribution is 5.75. The van der Waals surface area contributed by atoms with E-state index in [0.29, 0.717) is 12.3 Å². The first-order valence-electron chi connectivity index (χ1n) is 8.08. The number of carbonyl (C=O) groups excluding carboxylic acids is 1. The summed E-state index contributed by atoms with van der Waals surface area (Å²) in [6.07, 6.45) is 0.554. The highest BCUT2D eigenvalue weighted by Crippen LogP contribution is 2.24. The molecule has 1 fully saturated rings. The van der Waals surface area contributed by atoms with Crippen LogP contribution < -0.4 is 0 Å². The van der Waals surface area contributed by atoms with E-state index in [0.717, 1.165) is 31.7 Å². The fraction of sp³-hybridized carbons (Fsp3) is 0.556. The van der Waals surface area contributed by atoms with Gasteiger partial charge in [0.2, 0.25) is 5.91 Å². The maximum Gasteiger partial charge on any atom is 0.222 e. The number of amides is 1. The van der Waals surface area contributed by atoms with Gasteiger partial charge in [-0.1, -0.05) is 45.0 Å². The molecule has 1 aliphatic heterocycles. The molecule has 4 heteroatoms. The lowest BCUT2D eigenvalue weighted by atomic mass is 9.98. The van der Waals surface area contributed by atoms with Gasteiger partial charge in [0, 0.05) is 32.6 Å². The first-order chi connectivity index (χ1) is 10.6. The van der Waals surface area contributed by atoms with Gasteiger partial charge in [-0.05, 0) is 17.0 Å². The fourth-order valence-electron chi connectivity index (χ4n) is 2.88. The zero-order valence-electron chi connectivity index (χ0n) is 13.7. The minimum absolute atomic E-state index is 0.203. The molecule has 1 unspecified atom stereocenters. The van der Waals surface area contributed by atoms with Crippen molar-refractivity contribution in [2.75, 3.05) is 26.2 Å². The third-order valence-corrected chi connectivity index (χ3v) is 4.38. The lowest BCUT2D eigenvalue weighted by Gasteiger charge is -2.37. The average Bonchev–Trinajstić information content (AvgIpc) is 2.56. The van der Waals surface area contributed by atoms with Gasteiger partial charge in [-0.3, -0.25) is 9.69 Å². The molecule has 1 aromatic rings. The summed E-state index contributed by atoms with van der Waals surface area (Å²) in [7, 11) is 0. The molecule has 1 aromatic carbocycles. The summed E-state index contributed by atoms with van der Waals surface area (Å²) in [5.74, 6) is 0.702. The molecular weight excluding hydrogens is 274 g/mol. The van der Waals surface area contributed by atoms with Gasteiger partial charge in [0.15, 0.2) is 0 Å². The first kappa shape index (κ1) is 16.5. The average molecular weight is 299 g/mol. The van der Waals surface area contributed by atoms with Crippen LogP contribution in [0.15, 0.2) is 24.3 Å². The zero-order valence-corrected chi connectivity index (χ0v) is 13.7. The van der Waals surface area contributed by atoms with Crippen molar-refractivity contribution >= 4 is 5.91 Å². The summed E-state index contributed by atoms with van der Waals surface area (Å²) in [6.45, 7) is 9.18. The van der Waals surface area contributed by atoms with Crippen LogP contribution in [0.2, 0.25) is 0 Å². The third kappa shape index (κ3) is 3.66. The van der Waals surface area contributed by atoms with Gasteiger partial charge < -0.3 is 4.90 Å². The number of hydrogen-bond acceptors (Lipinski definition) is 3. The molecule has 22 heavy (non-hydrogen) atoms. The quantitative estimate of drug-likeness (QED) is 0.859. The molecule has 2 rings (SSSR count). The van der Waals surface area contributed by atoms with Crippen LogP contribution in [0.3, 0.4) is 0 Å². The number of benzene rings is 1. The Labute approximate surface area is 133 Å². The predicted molar refractivity (Wildman–Crippen MR) is 87.3 cm³/mol. The lowest BCUT2D eigenvalue weighted by Crippen LogP contribution is -2.49. The van der Waals surface area contributed by atoms with Crippen molar-refractivity contribution in [3.63, 3.8) is 0 Å². The molecule has 4 nitrogen and oxygen atoms in total. The third-order valence-electron chi connectivity index (χ3n) is 4.38. The van der Waals surface area contributed by atoms with Crippen molar-refractivity contribution in [1.82, 2.24) is 9.80 Å². The maximum absolute atomic E-state index is 11.7. The topological polar surface area (TPSA) is 47.3 Å². The molecule has 0 saturated carbocycles. The van der Waals surface area contributed by atoms with Crippen LogP contribution in [-0.2, 0) is 4.79 Å². The molecule has 0 N–H and O–H groups in total. The van der Waals surface area contributed by atoms with Gasteiger partial charge in [-0.15, -0.1) is 0 Å². The van der Waals surface area contributed by atoms with Crippen LogP contribution >= 0.6 is 0 Å². The van der Waals surface area contributed by atoms with Gasteiger partial charge in [0.05, 0.1) is 6.07 Å². The lowest BCUT2D eigenvalue weighted by molar-refractivity contribution is -0.132. The summed E-state index contributed by atoms with van der Waals surface area (Å²) in [4.78, 5) is 15.8. The summed E-state index contributed by atoms with van der Waals surface area (Å²) >= 11 is 0. The summed E-state index contributed by atoms with van der Waals surface area (Å²) in [6, 6.07) is 10.5. The predicted octanol–water partition coefficient (Wildman–Crippen LogP) is 2.93. The second-order valence-electron chi connectivity index (χ2n) is 6.12. The van der Waals surface area contributed by atoms with E-state index < -0.39 is 0 Å². The monoisotopic (exact) mass is 299 g/mol. The van der Waals surface area contributed by atoms with Crippen LogP contribution in [0, 0.1) is 11.3 Å². The molecule has 0 radical (unpaired) electrons. The van der Waals surface area contributed by atoms with E-state index in [1.165, 1.54) is 5.56 Å². The molecule has 0 aliphatic carbocycles. The van der Waals surface area contributed by atoms with Gasteiger partial charge in [-0.2, -0.15) is 5.26 Å². The standard InChI is InChI=1S/C18H25N3O/c1-4-18(22)21-11-9-20(10-12-21)17(13-19)16-7-5-15(6-8-16)14(2)3/h5-8,14,17H,4,9-12H2,1-3H3. The first-order valence-corrected chi connectivity index (χ1v) is 8.08. The van der Waals surface area contributed by atoms with E-state index in [-0.39, 0.29) is 11.9 Å². The van der Waals surface area contributed by atoms with Gasteiger partial charge in [0.25, 0.3) is 0 Å². The Balaban J connectivity index is 2.04. The highest BCUT2D eigenvalue weighted by atomic mass is 16.2. The molecular formula is C18H25N3O. The summed E-state index contributed by atoms with van der Waals surface area (Å²) in [5.41, 5.74) is 2.33. The van der Waals surface area contributed by atoms with E-state index in [4.69, 9.17) is 0 Å². The van der Waals surface area contributed by atoms with Crippen molar-refractivity contribution in [1.29, 1.82) is 5.26 Å². The van der Waals surface area contributed by atoms with Crippen molar-refractivity contribution in [3.8, 4) is 6.07 Å². The van der Waals surface area contributed by atoms with E-state index in [2.05, 4.69) is 49.1 Å². The minimum atomic E-state index is -0.222. The fourth-order valence-corrected chi connectivity index (χ4v) is 2.88. The van der Waals surface area contributed by atoms with Crippen molar-refractivity contribution in [3.05, 3.63) is 35.4 Å². The smallest absolute Gasteiger partial charge is 0.222 e. The summed E-state index contributed by atoms with van der Waals surface area (Å²) in [5, 5.41) is 9.56. The normalized spacial score (nSPS) is 17.3. The van der Waals surface area contributed by atoms with E-state index in [1.54, 1.807) is 0 Å². The molecule has 0 aromatic heterocycles. The number of nitriles is 1. The SMILES string of the molecule is CCC(=O)N1CCN(C(C#N)c2ccc(C(C)C)cc2)CC1. The Morgan fingerprint density at radius 3 is 2.14 bits per heavy atom. The highest BCUT2D eigenvalue weighted by Gasteiger charge is 2.26. The molecule has 1 heterocycles. The van der Waals surface area contributed by atoms with Crippen LogP contribution in [0.4, 0.5) is 0 Å². The number of rotatable bonds is 4. The Hall–Kier alpha value is -1.86. The van der Waals surface area contributed by atoms with Crippen molar-refractivity contribution < 1.29 is 4.79 Å². The van der Waals surface area contributed by atoms with Gasteiger partial charge in [-0.25, -0.2) is 0 Å². The number of carbonyl (C=O) groups is 1. The summed E-state index contributed by atoms with van der Waals surface area (Å²) < 4.78 is 0. The maximum atomic E-state index is 11.7. The van der Waals surface area contributed by atoms with E-state index in [1.807, 2.05) is 11.8 Å². The molecule has 1 amide bonds. The molecule has 1 aliphatic rings. The van der Waals surface area contributed by atoms with E-state index in [9.17, 15) is 10.1 Å². The van der Waals surface area contributed by atoms with Crippen LogP contribution in [0.1, 0.15) is 50.3 Å². The second kappa shape index (κ2) is 7.42. The Morgan fingerprint density at radius 2 is 1.68 bits per heavy atom. The van der Waals surface area contributed by atoms with Crippen LogP contribution in [-0.4, -0.2) is 41.9 Å². The van der Waals surface area contributed by atoms with Crippen LogP contribution in [0.25, 0.3) is 0 Å². The number of piperazine rings is 1. The Bertz CT molecular complexity index is 536. The second-order valence-corrected chi connectivity index (χ2v) is 6.12. The molecule has 1 saturated heterocycles. The molecule has 1 atom stereocenters. The van der Waals surface area contributed by atoms with Gasteiger partial charge >= 0.3 is 0 Å². The molecule has 118 valence electrons. The van der Waals surface area contributed by atoms with Crippen molar-refractivity contribution in [2.24, 2.45) is 0 Å². The number of hydrogen-bond donors (Lipinski definition) is 0. The van der Waals surface area contributed by atoms with Gasteiger partial charge in [0.1, 0.15) is 6.04 Å². The van der Waals surface area contributed by atoms with Crippen molar-refractivity contribution in [2.45, 2.75) is 39.2 Å². The number of nitrogens with zero attached hydrogens (tertiary/aromatic N) is 3. The minimum Gasteiger partial charge on any atom is -0.340 e. The largest absolute Gasteiger partial charge is 0.340 e.